The van der Waals surface area contributed by atoms with Crippen LogP contribution in [0.2, 0.25) is 0 Å². The molecule has 8 heteroatoms. The second kappa shape index (κ2) is 10.5. The molecule has 6 nitrogen and oxygen atoms in total. The first-order valence-corrected chi connectivity index (χ1v) is 13.7. The van der Waals surface area contributed by atoms with Gasteiger partial charge in [-0.15, -0.1) is 5.10 Å². The molecule has 6 rings (SSSR count). The number of benzene rings is 3. The molecule has 0 radical (unpaired) electrons. The molecule has 0 saturated carbocycles. The average molecular weight is 527 g/mol. The average Bonchev–Trinajstić information content (AvgIpc) is 3.34. The molecule has 1 N–H and O–H groups in total. The molecule has 1 aliphatic heterocycles. The molecule has 2 aliphatic rings. The number of nitrogens with one attached hydrogen (secondary N) is 1. The number of thioether (sulfide) groups is 1. The van der Waals surface area contributed by atoms with Gasteiger partial charge in [0, 0.05) is 23.4 Å². The van der Waals surface area contributed by atoms with Crippen LogP contribution in [0.4, 0.5) is 10.3 Å². The van der Waals surface area contributed by atoms with Gasteiger partial charge in [0.25, 0.3) is 0 Å². The number of carbonyl (C=O) groups excluding carboxylic acids is 1. The minimum absolute atomic E-state index is 0.130. The van der Waals surface area contributed by atoms with Gasteiger partial charge >= 0.3 is 0 Å². The van der Waals surface area contributed by atoms with Crippen LogP contribution in [0.1, 0.15) is 47.6 Å². The predicted molar refractivity (Wildman–Crippen MR) is 146 cm³/mol. The third-order valence-electron chi connectivity index (χ3n) is 7.01. The topological polar surface area (TPSA) is 69.0 Å². The molecule has 0 fully saturated rings. The second-order valence-electron chi connectivity index (χ2n) is 9.52. The van der Waals surface area contributed by atoms with Crippen molar-refractivity contribution >= 4 is 23.5 Å². The summed E-state index contributed by atoms with van der Waals surface area (Å²) in [4.78, 5) is 17.8. The molecule has 1 aromatic heterocycles. The first-order valence-electron chi connectivity index (χ1n) is 12.7. The highest BCUT2D eigenvalue weighted by atomic mass is 32.2. The molecule has 3 aromatic carbocycles. The van der Waals surface area contributed by atoms with Gasteiger partial charge < -0.3 is 10.1 Å². The molecular formula is C30H27FN4O2S. The molecule has 0 spiro atoms. The van der Waals surface area contributed by atoms with E-state index >= 15 is 0 Å². The van der Waals surface area contributed by atoms with Crippen molar-refractivity contribution in [2.45, 2.75) is 49.7 Å². The Kier molecular flexibility index (Phi) is 6.72. The molecule has 0 amide bonds. The highest BCUT2D eigenvalue weighted by Gasteiger charge is 2.36. The van der Waals surface area contributed by atoms with Gasteiger partial charge in [0.1, 0.15) is 24.2 Å². The zero-order chi connectivity index (χ0) is 26.1. The van der Waals surface area contributed by atoms with Gasteiger partial charge in [-0.3, -0.25) is 4.79 Å². The van der Waals surface area contributed by atoms with Gasteiger partial charge in [0.2, 0.25) is 11.1 Å². The third-order valence-corrected chi connectivity index (χ3v) is 7.90. The van der Waals surface area contributed by atoms with Gasteiger partial charge in [-0.25, -0.2) is 9.07 Å². The number of fused-ring (bicyclic) bond motifs is 1. The zero-order valence-electron chi connectivity index (χ0n) is 21.0. The van der Waals surface area contributed by atoms with Crippen molar-refractivity contribution in [2.24, 2.45) is 0 Å². The molecule has 0 bridgehead atoms. The fraction of sp³-hybridized carbons (Fsp3) is 0.233. The number of carbonyl (C=O) groups is 1. The molecule has 1 atom stereocenters. The fourth-order valence-corrected chi connectivity index (χ4v) is 5.76. The lowest BCUT2D eigenvalue weighted by Crippen LogP contribution is -2.31. The van der Waals surface area contributed by atoms with Crippen molar-refractivity contribution in [2.75, 3.05) is 5.32 Å². The van der Waals surface area contributed by atoms with Crippen molar-refractivity contribution in [1.29, 1.82) is 0 Å². The first kappa shape index (κ1) is 24.4. The van der Waals surface area contributed by atoms with Gasteiger partial charge in [0.15, 0.2) is 5.78 Å². The van der Waals surface area contributed by atoms with E-state index < -0.39 is 0 Å². The number of ketones is 1. The Morgan fingerprint density at radius 2 is 1.79 bits per heavy atom. The number of anilines is 1. The van der Waals surface area contributed by atoms with E-state index in [1.165, 1.54) is 23.4 Å². The number of ether oxygens (including phenoxy) is 1. The largest absolute Gasteiger partial charge is 0.489 e. The predicted octanol–water partition coefficient (Wildman–Crippen LogP) is 6.62. The van der Waals surface area contributed by atoms with Crippen molar-refractivity contribution in [3.8, 4) is 5.75 Å². The molecular weight excluding hydrogens is 499 g/mol. The zero-order valence-corrected chi connectivity index (χ0v) is 21.8. The van der Waals surface area contributed by atoms with E-state index in [2.05, 4.69) is 29.4 Å². The Morgan fingerprint density at radius 3 is 2.58 bits per heavy atom. The Morgan fingerprint density at radius 1 is 1.03 bits per heavy atom. The Balaban J connectivity index is 1.27. The summed E-state index contributed by atoms with van der Waals surface area (Å²) in [5.41, 5.74) is 5.53. The number of Topliss-reactive ketones (excluding diaryl/α,β-unsaturated/α-hetero) is 1. The highest BCUT2D eigenvalue weighted by molar-refractivity contribution is 7.98. The van der Waals surface area contributed by atoms with E-state index in [0.717, 1.165) is 41.0 Å². The minimum atomic E-state index is -0.380. The van der Waals surface area contributed by atoms with Crippen molar-refractivity contribution < 1.29 is 13.9 Å². The molecule has 0 saturated heterocycles. The quantitative estimate of drug-likeness (QED) is 0.273. The van der Waals surface area contributed by atoms with Gasteiger partial charge in [-0.1, -0.05) is 66.4 Å². The van der Waals surface area contributed by atoms with E-state index in [1.807, 2.05) is 42.5 Å². The molecule has 4 aromatic rings. The lowest BCUT2D eigenvalue weighted by Gasteiger charge is -2.32. The molecule has 1 unspecified atom stereocenters. The van der Waals surface area contributed by atoms with E-state index in [9.17, 15) is 9.18 Å². The van der Waals surface area contributed by atoms with Crippen LogP contribution in [0, 0.1) is 12.7 Å². The van der Waals surface area contributed by atoms with E-state index in [0.29, 0.717) is 35.4 Å². The number of hydrogen-bond acceptors (Lipinski definition) is 6. The third kappa shape index (κ3) is 4.84. The van der Waals surface area contributed by atoms with E-state index in [4.69, 9.17) is 9.84 Å². The smallest absolute Gasteiger partial charge is 0.227 e. The Labute approximate surface area is 224 Å². The number of hydrogen-bond donors (Lipinski definition) is 1. The maximum Gasteiger partial charge on any atom is 0.227 e. The number of nitrogens with zero attached hydrogens (tertiary/aromatic N) is 3. The van der Waals surface area contributed by atoms with Crippen molar-refractivity contribution in [3.05, 3.63) is 112 Å². The molecule has 2 heterocycles. The summed E-state index contributed by atoms with van der Waals surface area (Å²) in [5.74, 6) is 1.66. The summed E-state index contributed by atoms with van der Waals surface area (Å²) in [5, 5.41) is 8.64. The molecule has 38 heavy (non-hydrogen) atoms. The second-order valence-corrected chi connectivity index (χ2v) is 10.5. The lowest BCUT2D eigenvalue weighted by molar-refractivity contribution is -0.116. The van der Waals surface area contributed by atoms with Crippen LogP contribution in [0.5, 0.6) is 5.75 Å². The summed E-state index contributed by atoms with van der Waals surface area (Å²) in [6.45, 7) is 2.56. The lowest BCUT2D eigenvalue weighted by atomic mass is 9.85. The maximum atomic E-state index is 14.1. The van der Waals surface area contributed by atoms with Crippen LogP contribution in [-0.2, 0) is 17.2 Å². The summed E-state index contributed by atoms with van der Waals surface area (Å²) >= 11 is 1.37. The van der Waals surface area contributed by atoms with Crippen LogP contribution in [0.25, 0.3) is 0 Å². The van der Waals surface area contributed by atoms with E-state index in [-0.39, 0.29) is 17.6 Å². The monoisotopic (exact) mass is 526 g/mol. The number of halogens is 1. The van der Waals surface area contributed by atoms with Crippen LogP contribution in [0.15, 0.2) is 89.2 Å². The molecule has 192 valence electrons. The van der Waals surface area contributed by atoms with Crippen LogP contribution in [-0.4, -0.2) is 20.5 Å². The SMILES string of the molecule is Cc1ccccc1COc1ccc(C2C3=C(CCCC3=O)Nc3nc(SCc4ccccc4F)nn32)cc1. The summed E-state index contributed by atoms with van der Waals surface area (Å²) < 4.78 is 22.0. The molecule has 1 aliphatic carbocycles. The fourth-order valence-electron chi connectivity index (χ4n) is 4.94. The standard InChI is InChI=1S/C30H27FN4O2S/c1-19-7-2-3-8-21(19)17-37-23-15-13-20(14-16-23)28-27-25(11-6-12-26(27)36)32-29-33-30(34-35(28)29)38-18-22-9-4-5-10-24(22)31/h2-5,7-10,13-16,28H,6,11-12,17-18H2,1H3,(H,32,33,34). The van der Waals surface area contributed by atoms with Crippen molar-refractivity contribution in [1.82, 2.24) is 14.8 Å². The summed E-state index contributed by atoms with van der Waals surface area (Å²) in [6.07, 6.45) is 2.12. The summed E-state index contributed by atoms with van der Waals surface area (Å²) in [6, 6.07) is 22.4. The van der Waals surface area contributed by atoms with Crippen LogP contribution in [0.3, 0.4) is 0 Å². The maximum absolute atomic E-state index is 14.1. The van der Waals surface area contributed by atoms with Gasteiger partial charge in [-0.2, -0.15) is 4.98 Å². The Bertz CT molecular complexity index is 1530. The number of aromatic nitrogens is 3. The normalized spacial score (nSPS) is 16.6. The number of rotatable bonds is 7. The van der Waals surface area contributed by atoms with Crippen LogP contribution >= 0.6 is 11.8 Å². The summed E-state index contributed by atoms with van der Waals surface area (Å²) in [7, 11) is 0. The van der Waals surface area contributed by atoms with Gasteiger partial charge in [-0.05, 0) is 60.2 Å². The van der Waals surface area contributed by atoms with Gasteiger partial charge in [0.05, 0.1) is 0 Å². The van der Waals surface area contributed by atoms with Crippen molar-refractivity contribution in [3.63, 3.8) is 0 Å². The van der Waals surface area contributed by atoms with E-state index in [1.54, 1.807) is 16.8 Å². The minimum Gasteiger partial charge on any atom is -0.489 e. The first-order chi connectivity index (χ1) is 18.6. The number of allylic oxidation sites excluding steroid dienone is 2. The highest BCUT2D eigenvalue weighted by Crippen LogP contribution is 2.41. The Hall–Kier alpha value is -3.91. The number of aryl methyl sites for hydroxylation is 1. The van der Waals surface area contributed by atoms with Crippen LogP contribution < -0.4 is 10.1 Å².